The quantitative estimate of drug-likeness (QED) is 0.874. The minimum atomic E-state index is 0.0799. The van der Waals surface area contributed by atoms with Crippen molar-refractivity contribution in [1.82, 2.24) is 4.98 Å². The third-order valence-corrected chi connectivity index (χ3v) is 4.57. The molecule has 1 aromatic carbocycles. The lowest BCUT2D eigenvalue weighted by Crippen LogP contribution is -2.11. The summed E-state index contributed by atoms with van der Waals surface area (Å²) in [5, 5.41) is 15.6. The number of hydrogen-bond donors (Lipinski definition) is 1. The highest BCUT2D eigenvalue weighted by atomic mass is 79.9. The van der Waals surface area contributed by atoms with Crippen LogP contribution in [0, 0.1) is 11.3 Å². The zero-order valence-corrected chi connectivity index (χ0v) is 14.1. The van der Waals surface area contributed by atoms with Gasteiger partial charge in [0.25, 0.3) is 0 Å². The molecule has 0 unspecified atom stereocenters. The molecule has 0 aliphatic heterocycles. The van der Waals surface area contributed by atoms with E-state index in [0.29, 0.717) is 12.1 Å². The molecule has 0 spiro atoms. The molecule has 2 aromatic rings. The summed E-state index contributed by atoms with van der Waals surface area (Å²) in [6, 6.07) is 7.76. The first-order valence-corrected chi connectivity index (χ1v) is 7.96. The molecule has 0 aliphatic carbocycles. The molecule has 0 fully saturated rings. The number of benzene rings is 1. The van der Waals surface area contributed by atoms with E-state index in [2.05, 4.69) is 58.5 Å². The highest BCUT2D eigenvalue weighted by Crippen LogP contribution is 2.26. The molecule has 1 heterocycles. The summed E-state index contributed by atoms with van der Waals surface area (Å²) in [7, 11) is 0. The monoisotopic (exact) mass is 349 g/mol. The molecule has 0 bridgehead atoms. The average molecular weight is 350 g/mol. The van der Waals surface area contributed by atoms with Crippen LogP contribution in [0.15, 0.2) is 28.1 Å². The van der Waals surface area contributed by atoms with Crippen LogP contribution < -0.4 is 5.32 Å². The first-order valence-electron chi connectivity index (χ1n) is 6.28. The van der Waals surface area contributed by atoms with Crippen LogP contribution >= 0.6 is 27.3 Å². The SMILES string of the molecule is CC(C)(C)c1nc(CNc2cc(Br)ccc2C#N)cs1. The number of hydrogen-bond acceptors (Lipinski definition) is 4. The van der Waals surface area contributed by atoms with Gasteiger partial charge in [-0.25, -0.2) is 4.98 Å². The molecule has 0 saturated heterocycles. The lowest BCUT2D eigenvalue weighted by molar-refractivity contribution is 0.583. The molecule has 0 atom stereocenters. The number of nitrogens with zero attached hydrogens (tertiary/aromatic N) is 2. The van der Waals surface area contributed by atoms with Gasteiger partial charge in [0.05, 0.1) is 28.5 Å². The Bertz CT molecular complexity index is 650. The van der Waals surface area contributed by atoms with Gasteiger partial charge in [0.15, 0.2) is 0 Å². The molecule has 0 aliphatic rings. The van der Waals surface area contributed by atoms with Gasteiger partial charge in [-0.15, -0.1) is 11.3 Å². The highest BCUT2D eigenvalue weighted by Gasteiger charge is 2.17. The highest BCUT2D eigenvalue weighted by molar-refractivity contribution is 9.10. The molecule has 20 heavy (non-hydrogen) atoms. The molecule has 0 saturated carbocycles. The summed E-state index contributed by atoms with van der Waals surface area (Å²) < 4.78 is 0.952. The summed E-state index contributed by atoms with van der Waals surface area (Å²) in [4.78, 5) is 4.64. The Hall–Kier alpha value is -1.38. The molecular weight excluding hydrogens is 334 g/mol. The molecule has 1 aromatic heterocycles. The molecule has 1 N–H and O–H groups in total. The van der Waals surface area contributed by atoms with E-state index in [1.54, 1.807) is 17.4 Å². The number of rotatable bonds is 3. The van der Waals surface area contributed by atoms with Crippen LogP contribution in [0.4, 0.5) is 5.69 Å². The van der Waals surface area contributed by atoms with Crippen molar-refractivity contribution in [3.63, 3.8) is 0 Å². The molecule has 0 radical (unpaired) electrons. The van der Waals surface area contributed by atoms with Gasteiger partial charge in [0, 0.05) is 15.3 Å². The Morgan fingerprint density at radius 1 is 1.40 bits per heavy atom. The second kappa shape index (κ2) is 5.94. The van der Waals surface area contributed by atoms with Gasteiger partial charge >= 0.3 is 0 Å². The Morgan fingerprint density at radius 3 is 2.75 bits per heavy atom. The van der Waals surface area contributed by atoms with Crippen LogP contribution in [-0.2, 0) is 12.0 Å². The fourth-order valence-corrected chi connectivity index (χ4v) is 2.95. The van der Waals surface area contributed by atoms with Crippen molar-refractivity contribution < 1.29 is 0 Å². The largest absolute Gasteiger partial charge is 0.378 e. The topological polar surface area (TPSA) is 48.7 Å². The van der Waals surface area contributed by atoms with Gasteiger partial charge in [0.2, 0.25) is 0 Å². The van der Waals surface area contributed by atoms with E-state index in [4.69, 9.17) is 5.26 Å². The van der Waals surface area contributed by atoms with Gasteiger partial charge < -0.3 is 5.32 Å². The third-order valence-electron chi connectivity index (χ3n) is 2.76. The van der Waals surface area contributed by atoms with Crippen molar-refractivity contribution in [2.45, 2.75) is 32.7 Å². The van der Waals surface area contributed by atoms with Crippen LogP contribution in [0.2, 0.25) is 0 Å². The van der Waals surface area contributed by atoms with Crippen molar-refractivity contribution in [2.75, 3.05) is 5.32 Å². The maximum Gasteiger partial charge on any atom is 0.101 e. The number of halogens is 1. The fourth-order valence-electron chi connectivity index (χ4n) is 1.68. The van der Waals surface area contributed by atoms with Crippen molar-refractivity contribution in [1.29, 1.82) is 5.26 Å². The lowest BCUT2D eigenvalue weighted by Gasteiger charge is -2.13. The van der Waals surface area contributed by atoms with E-state index in [-0.39, 0.29) is 5.41 Å². The normalized spacial score (nSPS) is 11.2. The molecule has 3 nitrogen and oxygen atoms in total. The van der Waals surface area contributed by atoms with E-state index in [1.807, 2.05) is 12.1 Å². The van der Waals surface area contributed by atoms with Gasteiger partial charge in [-0.2, -0.15) is 5.26 Å². The maximum atomic E-state index is 9.10. The molecule has 5 heteroatoms. The van der Waals surface area contributed by atoms with Crippen molar-refractivity contribution in [3.05, 3.63) is 44.3 Å². The second-order valence-corrected chi connectivity index (χ2v) is 7.32. The van der Waals surface area contributed by atoms with Gasteiger partial charge in [-0.1, -0.05) is 36.7 Å². The molecule has 104 valence electrons. The Kier molecular flexibility index (Phi) is 4.46. The number of anilines is 1. The minimum absolute atomic E-state index is 0.0799. The standard InChI is InChI=1S/C15H16BrN3S/c1-15(2,3)14-19-12(9-20-14)8-18-13-6-11(16)5-4-10(13)7-17/h4-6,9,18H,8H2,1-3H3. The summed E-state index contributed by atoms with van der Waals surface area (Å²) in [5.41, 5.74) is 2.55. The van der Waals surface area contributed by atoms with Crippen molar-refractivity contribution in [3.8, 4) is 6.07 Å². The van der Waals surface area contributed by atoms with Crippen LogP contribution in [0.1, 0.15) is 37.0 Å². The number of thiazole rings is 1. The first kappa shape index (κ1) is 15.0. The van der Waals surface area contributed by atoms with E-state index in [9.17, 15) is 0 Å². The smallest absolute Gasteiger partial charge is 0.101 e. The predicted octanol–water partition coefficient (Wildman–Crippen LogP) is 4.69. The Labute approximate surface area is 131 Å². The third kappa shape index (κ3) is 3.59. The van der Waals surface area contributed by atoms with E-state index in [0.717, 1.165) is 20.9 Å². The number of nitrogens with one attached hydrogen (secondary N) is 1. The minimum Gasteiger partial charge on any atom is -0.378 e. The second-order valence-electron chi connectivity index (χ2n) is 5.55. The Balaban J connectivity index is 2.12. The van der Waals surface area contributed by atoms with Gasteiger partial charge in [-0.05, 0) is 18.2 Å². The van der Waals surface area contributed by atoms with Crippen molar-refractivity contribution >= 4 is 33.0 Å². The average Bonchev–Trinajstić information content (AvgIpc) is 2.85. The van der Waals surface area contributed by atoms with E-state index >= 15 is 0 Å². The molecular formula is C15H16BrN3S. The van der Waals surface area contributed by atoms with E-state index < -0.39 is 0 Å². The van der Waals surface area contributed by atoms with Crippen LogP contribution in [0.25, 0.3) is 0 Å². The summed E-state index contributed by atoms with van der Waals surface area (Å²) in [5.74, 6) is 0. The van der Waals surface area contributed by atoms with E-state index in [1.165, 1.54) is 0 Å². The van der Waals surface area contributed by atoms with Gasteiger partial charge in [0.1, 0.15) is 6.07 Å². The van der Waals surface area contributed by atoms with Crippen LogP contribution in [-0.4, -0.2) is 4.98 Å². The number of aromatic nitrogens is 1. The molecule has 2 rings (SSSR count). The van der Waals surface area contributed by atoms with Crippen molar-refractivity contribution in [2.24, 2.45) is 0 Å². The lowest BCUT2D eigenvalue weighted by atomic mass is 9.98. The zero-order valence-electron chi connectivity index (χ0n) is 11.7. The zero-order chi connectivity index (χ0) is 14.8. The predicted molar refractivity (Wildman–Crippen MR) is 87.0 cm³/mol. The van der Waals surface area contributed by atoms with Crippen LogP contribution in [0.5, 0.6) is 0 Å². The summed E-state index contributed by atoms with van der Waals surface area (Å²) >= 11 is 5.10. The molecule has 0 amide bonds. The van der Waals surface area contributed by atoms with Crippen LogP contribution in [0.3, 0.4) is 0 Å². The fraction of sp³-hybridized carbons (Fsp3) is 0.333. The van der Waals surface area contributed by atoms with Gasteiger partial charge in [-0.3, -0.25) is 0 Å². The number of nitriles is 1. The maximum absolute atomic E-state index is 9.10. The summed E-state index contributed by atoms with van der Waals surface area (Å²) in [6.45, 7) is 7.10. The Morgan fingerprint density at radius 2 is 2.15 bits per heavy atom. The first-order chi connectivity index (χ1) is 9.40. The summed E-state index contributed by atoms with van der Waals surface area (Å²) in [6.07, 6.45) is 0.